The van der Waals surface area contributed by atoms with E-state index in [2.05, 4.69) is 11.9 Å². The van der Waals surface area contributed by atoms with E-state index < -0.39 is 0 Å². The van der Waals surface area contributed by atoms with E-state index in [-0.39, 0.29) is 17.9 Å². The van der Waals surface area contributed by atoms with Gasteiger partial charge in [-0.05, 0) is 68.7 Å². The van der Waals surface area contributed by atoms with Gasteiger partial charge in [0.1, 0.15) is 10.7 Å². The van der Waals surface area contributed by atoms with Gasteiger partial charge in [0.15, 0.2) is 5.78 Å². The maximum atomic E-state index is 13.2. The number of fused-ring (bicyclic) bond motifs is 3. The number of ketones is 1. The molecule has 1 aliphatic rings. The molecule has 140 valence electrons. The van der Waals surface area contributed by atoms with Gasteiger partial charge in [0.05, 0.1) is 11.9 Å². The van der Waals surface area contributed by atoms with Crippen molar-refractivity contribution in [2.75, 3.05) is 0 Å². The summed E-state index contributed by atoms with van der Waals surface area (Å²) >= 11 is 1.65. The van der Waals surface area contributed by atoms with Crippen molar-refractivity contribution in [2.45, 2.75) is 53.5 Å². The van der Waals surface area contributed by atoms with Crippen LogP contribution in [0.1, 0.15) is 51.1 Å². The molecule has 0 radical (unpaired) electrons. The normalized spacial score (nSPS) is 16.5. The Labute approximate surface area is 162 Å². The fourth-order valence-corrected chi connectivity index (χ4v) is 5.28. The summed E-state index contributed by atoms with van der Waals surface area (Å²) in [5.74, 6) is 1.21. The lowest BCUT2D eigenvalue weighted by molar-refractivity contribution is 0.0969. The second kappa shape index (κ2) is 6.71. The zero-order valence-electron chi connectivity index (χ0n) is 16.3. The average molecular weight is 381 g/mol. The predicted molar refractivity (Wildman–Crippen MR) is 110 cm³/mol. The summed E-state index contributed by atoms with van der Waals surface area (Å²) in [6, 6.07) is 5.69. The van der Waals surface area contributed by atoms with Gasteiger partial charge in [-0.3, -0.25) is 14.2 Å². The third kappa shape index (κ3) is 3.14. The Hall–Kier alpha value is -2.27. The number of rotatable bonds is 3. The Morgan fingerprint density at radius 2 is 2.04 bits per heavy atom. The van der Waals surface area contributed by atoms with Crippen LogP contribution in [0.2, 0.25) is 0 Å². The van der Waals surface area contributed by atoms with Crippen LogP contribution in [0.5, 0.6) is 0 Å². The summed E-state index contributed by atoms with van der Waals surface area (Å²) in [7, 11) is 0. The minimum Gasteiger partial charge on any atom is -0.292 e. The summed E-state index contributed by atoms with van der Waals surface area (Å²) in [6.07, 6.45) is 3.06. The van der Waals surface area contributed by atoms with E-state index >= 15 is 0 Å². The molecular formula is C22H24N2O2S. The number of nitrogens with zero attached hydrogens (tertiary/aromatic N) is 2. The Bertz CT molecular complexity index is 1120. The van der Waals surface area contributed by atoms with Crippen LogP contribution in [0.4, 0.5) is 0 Å². The maximum Gasteiger partial charge on any atom is 0.262 e. The highest BCUT2D eigenvalue weighted by atomic mass is 32.1. The van der Waals surface area contributed by atoms with Crippen LogP contribution >= 0.6 is 11.3 Å². The highest BCUT2D eigenvalue weighted by Gasteiger charge is 2.24. The lowest BCUT2D eigenvalue weighted by Gasteiger charge is -2.17. The third-order valence-corrected chi connectivity index (χ3v) is 6.88. The molecule has 27 heavy (non-hydrogen) atoms. The molecule has 0 amide bonds. The zero-order valence-corrected chi connectivity index (χ0v) is 17.1. The van der Waals surface area contributed by atoms with Gasteiger partial charge in [-0.15, -0.1) is 11.3 Å². The van der Waals surface area contributed by atoms with E-state index in [4.69, 9.17) is 0 Å². The highest BCUT2D eigenvalue weighted by Crippen LogP contribution is 2.35. The minimum absolute atomic E-state index is 0.0388. The smallest absolute Gasteiger partial charge is 0.262 e. The van der Waals surface area contributed by atoms with Crippen LogP contribution < -0.4 is 5.56 Å². The number of hydrogen-bond acceptors (Lipinski definition) is 4. The minimum atomic E-state index is -0.0678. The van der Waals surface area contributed by atoms with Crippen molar-refractivity contribution in [1.82, 2.24) is 9.55 Å². The molecule has 2 heterocycles. The van der Waals surface area contributed by atoms with E-state index in [0.29, 0.717) is 17.3 Å². The van der Waals surface area contributed by atoms with Gasteiger partial charge in [0.25, 0.3) is 5.56 Å². The van der Waals surface area contributed by atoms with Crippen molar-refractivity contribution in [3.8, 4) is 0 Å². The number of hydrogen-bond donors (Lipinski definition) is 0. The van der Waals surface area contributed by atoms with Gasteiger partial charge in [-0.25, -0.2) is 4.98 Å². The van der Waals surface area contributed by atoms with Crippen molar-refractivity contribution < 1.29 is 4.79 Å². The predicted octanol–water partition coefficient (Wildman–Crippen LogP) is 4.39. The Balaban J connectivity index is 1.76. The van der Waals surface area contributed by atoms with Gasteiger partial charge in [0.2, 0.25) is 0 Å². The van der Waals surface area contributed by atoms with Gasteiger partial charge < -0.3 is 0 Å². The summed E-state index contributed by atoms with van der Waals surface area (Å²) in [5.41, 5.74) is 3.98. The quantitative estimate of drug-likeness (QED) is 0.633. The van der Waals surface area contributed by atoms with E-state index in [0.717, 1.165) is 46.2 Å². The van der Waals surface area contributed by atoms with Crippen LogP contribution in [0, 0.1) is 26.7 Å². The standard InChI is InChI=1S/C22H24N2O2S/c1-12-5-8-17-19(9-12)27-21-20(17)22(26)24(15(4)23-21)11-18(25)16-7-6-13(2)14(3)10-16/h6-7,10,12H,5,8-9,11H2,1-4H3. The number of carbonyl (C=O) groups is 1. The lowest BCUT2D eigenvalue weighted by Crippen LogP contribution is -2.28. The van der Waals surface area contributed by atoms with E-state index in [1.165, 1.54) is 4.88 Å². The molecule has 1 atom stereocenters. The van der Waals surface area contributed by atoms with Crippen molar-refractivity contribution in [2.24, 2.45) is 5.92 Å². The molecule has 4 rings (SSSR count). The van der Waals surface area contributed by atoms with Gasteiger partial charge in [-0.1, -0.05) is 19.1 Å². The monoisotopic (exact) mass is 380 g/mol. The first-order valence-electron chi connectivity index (χ1n) is 9.47. The topological polar surface area (TPSA) is 52.0 Å². The molecule has 0 bridgehead atoms. The number of thiophene rings is 1. The average Bonchev–Trinajstić information content (AvgIpc) is 2.97. The Morgan fingerprint density at radius 1 is 1.26 bits per heavy atom. The molecular weight excluding hydrogens is 356 g/mol. The molecule has 4 nitrogen and oxygen atoms in total. The Morgan fingerprint density at radius 3 is 2.78 bits per heavy atom. The van der Waals surface area contributed by atoms with E-state index in [1.807, 2.05) is 39.0 Å². The largest absolute Gasteiger partial charge is 0.292 e. The molecule has 0 aliphatic heterocycles. The van der Waals surface area contributed by atoms with E-state index in [9.17, 15) is 9.59 Å². The van der Waals surface area contributed by atoms with Crippen LogP contribution in [-0.2, 0) is 19.4 Å². The molecule has 1 unspecified atom stereocenters. The maximum absolute atomic E-state index is 13.2. The van der Waals surface area contributed by atoms with Crippen molar-refractivity contribution in [3.05, 3.63) is 61.5 Å². The first-order chi connectivity index (χ1) is 12.8. The third-order valence-electron chi connectivity index (χ3n) is 5.74. The fraction of sp³-hybridized carbons (Fsp3) is 0.409. The first kappa shape index (κ1) is 18.1. The molecule has 0 fully saturated rings. The van der Waals surface area contributed by atoms with E-state index in [1.54, 1.807) is 15.9 Å². The van der Waals surface area contributed by atoms with Crippen LogP contribution in [0.3, 0.4) is 0 Å². The van der Waals surface area contributed by atoms with Crippen LogP contribution in [0.15, 0.2) is 23.0 Å². The second-order valence-corrected chi connectivity index (χ2v) is 8.89. The number of aromatic nitrogens is 2. The number of aryl methyl sites for hydroxylation is 4. The summed E-state index contributed by atoms with van der Waals surface area (Å²) in [6.45, 7) is 8.13. The second-order valence-electron chi connectivity index (χ2n) is 7.80. The molecule has 3 aromatic rings. The van der Waals surface area contributed by atoms with Gasteiger partial charge in [-0.2, -0.15) is 0 Å². The molecule has 0 saturated heterocycles. The van der Waals surface area contributed by atoms with Gasteiger partial charge >= 0.3 is 0 Å². The summed E-state index contributed by atoms with van der Waals surface area (Å²) in [5, 5.41) is 0.736. The van der Waals surface area contributed by atoms with Gasteiger partial charge in [0, 0.05) is 10.4 Å². The molecule has 0 N–H and O–H groups in total. The zero-order chi connectivity index (χ0) is 19.3. The lowest BCUT2D eigenvalue weighted by atomic mass is 9.89. The van der Waals surface area contributed by atoms with Crippen LogP contribution in [0.25, 0.3) is 10.2 Å². The van der Waals surface area contributed by atoms with Crippen molar-refractivity contribution in [3.63, 3.8) is 0 Å². The Kier molecular flexibility index (Phi) is 4.50. The molecule has 5 heteroatoms. The fourth-order valence-electron chi connectivity index (χ4n) is 3.86. The summed E-state index contributed by atoms with van der Waals surface area (Å²) in [4.78, 5) is 32.8. The molecule has 2 aromatic heterocycles. The molecule has 1 aliphatic carbocycles. The number of carbonyl (C=O) groups excluding carboxylic acids is 1. The molecule has 0 spiro atoms. The number of benzene rings is 1. The SMILES string of the molecule is Cc1ccc(C(=O)Cn2c(C)nc3sc4c(c3c2=O)CCC(C)C4)cc1C. The first-order valence-corrected chi connectivity index (χ1v) is 10.3. The summed E-state index contributed by atoms with van der Waals surface area (Å²) < 4.78 is 1.55. The van der Waals surface area contributed by atoms with Crippen molar-refractivity contribution in [1.29, 1.82) is 0 Å². The molecule has 0 saturated carbocycles. The highest BCUT2D eigenvalue weighted by molar-refractivity contribution is 7.18. The molecule has 1 aromatic carbocycles. The van der Waals surface area contributed by atoms with Crippen LogP contribution in [-0.4, -0.2) is 15.3 Å². The van der Waals surface area contributed by atoms with Crippen molar-refractivity contribution >= 4 is 27.3 Å². The number of Topliss-reactive ketones (excluding diaryl/α,β-unsaturated/α-hetero) is 1.